The van der Waals surface area contributed by atoms with Crippen molar-refractivity contribution >= 4 is 5.71 Å². The van der Waals surface area contributed by atoms with E-state index in [-0.39, 0.29) is 11.9 Å². The number of hydrogen-bond acceptors (Lipinski definition) is 3. The van der Waals surface area contributed by atoms with E-state index in [9.17, 15) is 4.39 Å². The summed E-state index contributed by atoms with van der Waals surface area (Å²) in [5, 5.41) is 11.7. The maximum absolute atomic E-state index is 13.0. The van der Waals surface area contributed by atoms with Crippen molar-refractivity contribution in [3.63, 3.8) is 0 Å². The average molecular weight is 211 g/mol. The Hall–Kier alpha value is -1.58. The molecule has 0 saturated carbocycles. The van der Waals surface area contributed by atoms with Gasteiger partial charge in [0, 0.05) is 5.56 Å². The molecule has 1 aromatic carbocycles. The largest absolute Gasteiger partial charge is 0.490 e. The minimum Gasteiger partial charge on any atom is -0.490 e. The van der Waals surface area contributed by atoms with E-state index in [2.05, 4.69) is 5.16 Å². The molecule has 0 amide bonds. The number of halogens is 1. The Labute approximate surface area is 88.2 Å². The molecule has 4 heteroatoms. The summed E-state index contributed by atoms with van der Waals surface area (Å²) < 4.78 is 18.5. The Morgan fingerprint density at radius 3 is 2.67 bits per heavy atom. The molecule has 0 aliphatic carbocycles. The highest BCUT2D eigenvalue weighted by Crippen LogP contribution is 2.21. The van der Waals surface area contributed by atoms with E-state index in [1.807, 2.05) is 13.8 Å². The molecule has 0 aliphatic rings. The van der Waals surface area contributed by atoms with Gasteiger partial charge in [-0.05, 0) is 39.0 Å². The SMILES string of the molecule is CC(=NO)c1cc(F)ccc1OC(C)C. The first-order chi connectivity index (χ1) is 7.04. The number of rotatable bonds is 3. The van der Waals surface area contributed by atoms with Crippen LogP contribution in [-0.4, -0.2) is 17.0 Å². The van der Waals surface area contributed by atoms with E-state index < -0.39 is 0 Å². The standard InChI is InChI=1S/C11H14FNO2/c1-7(2)15-11-5-4-9(12)6-10(11)8(3)13-14/h4-7,14H,1-3H3. The molecule has 0 aromatic heterocycles. The fourth-order valence-corrected chi connectivity index (χ4v) is 1.20. The van der Waals surface area contributed by atoms with Gasteiger partial charge in [0.2, 0.25) is 0 Å². The predicted molar refractivity (Wildman–Crippen MR) is 56.2 cm³/mol. The molecule has 0 heterocycles. The molecule has 0 atom stereocenters. The first kappa shape index (κ1) is 11.5. The maximum atomic E-state index is 13.0. The van der Waals surface area contributed by atoms with Gasteiger partial charge < -0.3 is 9.94 Å². The maximum Gasteiger partial charge on any atom is 0.129 e. The van der Waals surface area contributed by atoms with Gasteiger partial charge in [0.25, 0.3) is 0 Å². The first-order valence-electron chi connectivity index (χ1n) is 4.70. The number of benzene rings is 1. The second-order valence-electron chi connectivity index (χ2n) is 3.49. The number of oxime groups is 1. The Morgan fingerprint density at radius 2 is 2.13 bits per heavy atom. The van der Waals surface area contributed by atoms with Crippen LogP contribution in [0.2, 0.25) is 0 Å². The van der Waals surface area contributed by atoms with E-state index in [0.717, 1.165) is 0 Å². The lowest BCUT2D eigenvalue weighted by Crippen LogP contribution is -2.09. The highest BCUT2D eigenvalue weighted by molar-refractivity contribution is 6.00. The van der Waals surface area contributed by atoms with Crippen LogP contribution in [0, 0.1) is 5.82 Å². The van der Waals surface area contributed by atoms with Crippen LogP contribution in [-0.2, 0) is 0 Å². The number of ether oxygens (including phenoxy) is 1. The van der Waals surface area contributed by atoms with Crippen LogP contribution in [0.1, 0.15) is 26.3 Å². The molecule has 15 heavy (non-hydrogen) atoms. The lowest BCUT2D eigenvalue weighted by molar-refractivity contribution is 0.241. The summed E-state index contributed by atoms with van der Waals surface area (Å²) in [6.45, 7) is 5.33. The van der Waals surface area contributed by atoms with Gasteiger partial charge in [-0.1, -0.05) is 5.16 Å². The van der Waals surface area contributed by atoms with Crippen molar-refractivity contribution < 1.29 is 14.3 Å². The quantitative estimate of drug-likeness (QED) is 0.474. The minimum atomic E-state index is -0.385. The highest BCUT2D eigenvalue weighted by Gasteiger charge is 2.10. The van der Waals surface area contributed by atoms with Gasteiger partial charge in [-0.3, -0.25) is 0 Å². The van der Waals surface area contributed by atoms with Gasteiger partial charge >= 0.3 is 0 Å². The van der Waals surface area contributed by atoms with Gasteiger partial charge in [0.15, 0.2) is 0 Å². The Balaban J connectivity index is 3.14. The van der Waals surface area contributed by atoms with Gasteiger partial charge in [-0.25, -0.2) is 4.39 Å². The van der Waals surface area contributed by atoms with E-state index in [1.165, 1.54) is 18.2 Å². The topological polar surface area (TPSA) is 41.8 Å². The van der Waals surface area contributed by atoms with Crippen LogP contribution >= 0.6 is 0 Å². The minimum absolute atomic E-state index is 0.0132. The van der Waals surface area contributed by atoms with Crippen LogP contribution in [0.25, 0.3) is 0 Å². The van der Waals surface area contributed by atoms with Gasteiger partial charge in [-0.15, -0.1) is 0 Å². The Kier molecular flexibility index (Phi) is 3.66. The summed E-state index contributed by atoms with van der Waals surface area (Å²) in [7, 11) is 0. The van der Waals surface area contributed by atoms with Crippen molar-refractivity contribution in [2.45, 2.75) is 26.9 Å². The lowest BCUT2D eigenvalue weighted by Gasteiger charge is -2.13. The van der Waals surface area contributed by atoms with Crippen molar-refractivity contribution in [2.24, 2.45) is 5.16 Å². The number of nitrogens with zero attached hydrogens (tertiary/aromatic N) is 1. The van der Waals surface area contributed by atoms with Crippen molar-refractivity contribution in [1.29, 1.82) is 0 Å². The van der Waals surface area contributed by atoms with E-state index in [0.29, 0.717) is 17.0 Å². The van der Waals surface area contributed by atoms with Gasteiger partial charge in [-0.2, -0.15) is 0 Å². The summed E-state index contributed by atoms with van der Waals surface area (Å²) in [6, 6.07) is 4.12. The summed E-state index contributed by atoms with van der Waals surface area (Å²) >= 11 is 0. The molecule has 0 saturated heterocycles. The first-order valence-corrected chi connectivity index (χ1v) is 4.70. The summed E-state index contributed by atoms with van der Waals surface area (Å²) in [6.07, 6.45) is -0.0132. The zero-order valence-corrected chi connectivity index (χ0v) is 8.99. The summed E-state index contributed by atoms with van der Waals surface area (Å²) in [5.41, 5.74) is 0.788. The summed E-state index contributed by atoms with van der Waals surface area (Å²) in [5.74, 6) is 0.130. The van der Waals surface area contributed by atoms with Crippen molar-refractivity contribution in [2.75, 3.05) is 0 Å². The van der Waals surface area contributed by atoms with Crippen LogP contribution in [0.5, 0.6) is 5.75 Å². The molecule has 1 rings (SSSR count). The van der Waals surface area contributed by atoms with Gasteiger partial charge in [0.05, 0.1) is 11.8 Å². The monoisotopic (exact) mass is 211 g/mol. The molecular weight excluding hydrogens is 197 g/mol. The Bertz CT molecular complexity index is 375. The van der Waals surface area contributed by atoms with Crippen molar-refractivity contribution in [1.82, 2.24) is 0 Å². The third-order valence-corrected chi connectivity index (χ3v) is 1.84. The molecule has 0 radical (unpaired) electrons. The molecule has 0 unspecified atom stereocenters. The third-order valence-electron chi connectivity index (χ3n) is 1.84. The summed E-state index contributed by atoms with van der Waals surface area (Å²) in [4.78, 5) is 0. The zero-order valence-electron chi connectivity index (χ0n) is 8.99. The fourth-order valence-electron chi connectivity index (χ4n) is 1.20. The van der Waals surface area contributed by atoms with Crippen LogP contribution in [0.4, 0.5) is 4.39 Å². The third kappa shape index (κ3) is 2.94. The fraction of sp³-hybridized carbons (Fsp3) is 0.364. The molecule has 0 aliphatic heterocycles. The average Bonchev–Trinajstić information content (AvgIpc) is 2.19. The van der Waals surface area contributed by atoms with Crippen molar-refractivity contribution in [3.05, 3.63) is 29.6 Å². The van der Waals surface area contributed by atoms with Crippen LogP contribution in [0.3, 0.4) is 0 Å². The molecule has 0 bridgehead atoms. The molecule has 1 aromatic rings. The van der Waals surface area contributed by atoms with E-state index in [1.54, 1.807) is 6.92 Å². The van der Waals surface area contributed by atoms with Crippen LogP contribution in [0.15, 0.2) is 23.4 Å². The molecule has 0 spiro atoms. The molecule has 1 N–H and O–H groups in total. The van der Waals surface area contributed by atoms with Crippen molar-refractivity contribution in [3.8, 4) is 5.75 Å². The predicted octanol–water partition coefficient (Wildman–Crippen LogP) is 2.81. The number of hydrogen-bond donors (Lipinski definition) is 1. The lowest BCUT2D eigenvalue weighted by atomic mass is 10.1. The molecule has 0 fully saturated rings. The second kappa shape index (κ2) is 4.77. The zero-order chi connectivity index (χ0) is 11.4. The molecular formula is C11H14FNO2. The van der Waals surface area contributed by atoms with E-state index in [4.69, 9.17) is 9.94 Å². The van der Waals surface area contributed by atoms with Crippen LogP contribution < -0.4 is 4.74 Å². The highest BCUT2D eigenvalue weighted by atomic mass is 19.1. The normalized spacial score (nSPS) is 11.9. The van der Waals surface area contributed by atoms with E-state index >= 15 is 0 Å². The smallest absolute Gasteiger partial charge is 0.129 e. The molecule has 82 valence electrons. The van der Waals surface area contributed by atoms with Gasteiger partial charge in [0.1, 0.15) is 11.6 Å². The Morgan fingerprint density at radius 1 is 1.47 bits per heavy atom. The molecule has 3 nitrogen and oxygen atoms in total. The second-order valence-corrected chi connectivity index (χ2v) is 3.49.